The molecule has 0 bridgehead atoms. The lowest BCUT2D eigenvalue weighted by Crippen LogP contribution is -2.31. The number of rotatable bonds is 6. The Labute approximate surface area is 109 Å². The van der Waals surface area contributed by atoms with Crippen LogP contribution < -0.4 is 0 Å². The van der Waals surface area contributed by atoms with Gasteiger partial charge in [0, 0.05) is 23.1 Å². The summed E-state index contributed by atoms with van der Waals surface area (Å²) in [6.45, 7) is -0.161. The molecule has 0 aliphatic carbocycles. The molecule has 0 amide bonds. The van der Waals surface area contributed by atoms with E-state index in [4.69, 9.17) is 28.3 Å². The summed E-state index contributed by atoms with van der Waals surface area (Å²) in [5.41, 5.74) is 0.674. The van der Waals surface area contributed by atoms with E-state index in [1.54, 1.807) is 18.2 Å². The summed E-state index contributed by atoms with van der Waals surface area (Å²) in [5.74, 6) is 0. The summed E-state index contributed by atoms with van der Waals surface area (Å²) >= 11 is 11.8. The highest BCUT2D eigenvalue weighted by Gasteiger charge is 2.13. The lowest BCUT2D eigenvalue weighted by Gasteiger charge is -2.21. The molecule has 0 radical (unpaired) electrons. The SMILES string of the molecule is OCCN(Cc1cc(Cl)ccc1Cl)CC(F)F. The first kappa shape index (κ1) is 14.6. The van der Waals surface area contributed by atoms with Crippen LogP contribution in [0.2, 0.25) is 10.0 Å². The van der Waals surface area contributed by atoms with E-state index in [0.717, 1.165) is 0 Å². The van der Waals surface area contributed by atoms with Crippen LogP contribution in [0.5, 0.6) is 0 Å². The molecule has 6 heteroatoms. The van der Waals surface area contributed by atoms with Crippen molar-refractivity contribution < 1.29 is 13.9 Å². The Bertz CT molecular complexity index is 363. The second-order valence-electron chi connectivity index (χ2n) is 3.59. The van der Waals surface area contributed by atoms with Gasteiger partial charge in [0.2, 0.25) is 0 Å². The molecule has 0 saturated heterocycles. The average Bonchev–Trinajstić information content (AvgIpc) is 2.23. The van der Waals surface area contributed by atoms with Gasteiger partial charge in [-0.3, -0.25) is 4.90 Å². The van der Waals surface area contributed by atoms with E-state index in [2.05, 4.69) is 0 Å². The molecule has 1 rings (SSSR count). The second-order valence-corrected chi connectivity index (χ2v) is 4.43. The summed E-state index contributed by atoms with van der Waals surface area (Å²) in [4.78, 5) is 1.43. The predicted molar refractivity (Wildman–Crippen MR) is 64.8 cm³/mol. The van der Waals surface area contributed by atoms with Crippen molar-refractivity contribution in [2.24, 2.45) is 0 Å². The Balaban J connectivity index is 2.74. The van der Waals surface area contributed by atoms with Gasteiger partial charge in [-0.05, 0) is 23.8 Å². The van der Waals surface area contributed by atoms with Gasteiger partial charge in [0.1, 0.15) is 0 Å². The third-order valence-electron chi connectivity index (χ3n) is 2.21. The summed E-state index contributed by atoms with van der Waals surface area (Å²) in [5, 5.41) is 9.79. The van der Waals surface area contributed by atoms with Crippen LogP contribution >= 0.6 is 23.2 Å². The third-order valence-corrected chi connectivity index (χ3v) is 2.82. The Morgan fingerprint density at radius 2 is 2.00 bits per heavy atom. The number of alkyl halides is 2. The summed E-state index contributed by atoms with van der Waals surface area (Å²) in [6, 6.07) is 4.90. The molecule has 1 N–H and O–H groups in total. The minimum atomic E-state index is -2.44. The molecule has 96 valence electrons. The lowest BCUT2D eigenvalue weighted by molar-refractivity contribution is 0.0747. The summed E-state index contributed by atoms with van der Waals surface area (Å²) < 4.78 is 24.6. The maximum atomic E-state index is 12.3. The molecule has 0 aliphatic heterocycles. The Morgan fingerprint density at radius 3 is 2.59 bits per heavy atom. The van der Waals surface area contributed by atoms with E-state index in [0.29, 0.717) is 15.6 Å². The number of hydrogen-bond acceptors (Lipinski definition) is 2. The highest BCUT2D eigenvalue weighted by Crippen LogP contribution is 2.22. The zero-order valence-corrected chi connectivity index (χ0v) is 10.6. The van der Waals surface area contributed by atoms with Crippen LogP contribution in [-0.2, 0) is 6.54 Å². The van der Waals surface area contributed by atoms with Crippen LogP contribution in [0.3, 0.4) is 0 Å². The third kappa shape index (κ3) is 5.17. The van der Waals surface area contributed by atoms with E-state index < -0.39 is 13.0 Å². The topological polar surface area (TPSA) is 23.5 Å². The van der Waals surface area contributed by atoms with Gasteiger partial charge in [0.05, 0.1) is 13.2 Å². The Kier molecular flexibility index (Phi) is 6.12. The van der Waals surface area contributed by atoms with E-state index in [1.165, 1.54) is 4.90 Å². The predicted octanol–water partition coefficient (Wildman–Crippen LogP) is 3.05. The molecular formula is C11H13Cl2F2NO. The number of hydrogen-bond donors (Lipinski definition) is 1. The molecule has 2 nitrogen and oxygen atoms in total. The van der Waals surface area contributed by atoms with Gasteiger partial charge in [-0.1, -0.05) is 23.2 Å². The maximum Gasteiger partial charge on any atom is 0.251 e. The smallest absolute Gasteiger partial charge is 0.251 e. The molecule has 0 aromatic heterocycles. The van der Waals surface area contributed by atoms with Gasteiger partial charge in [0.15, 0.2) is 0 Å². The van der Waals surface area contributed by atoms with Crippen molar-refractivity contribution in [3.05, 3.63) is 33.8 Å². The van der Waals surface area contributed by atoms with E-state index in [1.807, 2.05) is 0 Å². The van der Waals surface area contributed by atoms with Crippen molar-refractivity contribution in [2.75, 3.05) is 19.7 Å². The average molecular weight is 284 g/mol. The highest BCUT2D eigenvalue weighted by atomic mass is 35.5. The van der Waals surface area contributed by atoms with Crippen LogP contribution in [0.25, 0.3) is 0 Å². The zero-order chi connectivity index (χ0) is 12.8. The van der Waals surface area contributed by atoms with Crippen molar-refractivity contribution in [3.63, 3.8) is 0 Å². The van der Waals surface area contributed by atoms with E-state index >= 15 is 0 Å². The zero-order valence-electron chi connectivity index (χ0n) is 9.04. The molecule has 0 unspecified atom stereocenters. The minimum Gasteiger partial charge on any atom is -0.395 e. The fourth-order valence-corrected chi connectivity index (χ4v) is 1.85. The molecular weight excluding hydrogens is 271 g/mol. The summed E-state index contributed by atoms with van der Waals surface area (Å²) in [6.07, 6.45) is -2.44. The number of halogens is 4. The van der Waals surface area contributed by atoms with Crippen LogP contribution in [-0.4, -0.2) is 36.1 Å². The van der Waals surface area contributed by atoms with Gasteiger partial charge in [-0.25, -0.2) is 8.78 Å². The molecule has 0 heterocycles. The van der Waals surface area contributed by atoms with Gasteiger partial charge in [0.25, 0.3) is 6.43 Å². The van der Waals surface area contributed by atoms with Crippen LogP contribution in [0.15, 0.2) is 18.2 Å². The molecule has 0 spiro atoms. The van der Waals surface area contributed by atoms with Gasteiger partial charge in [-0.15, -0.1) is 0 Å². The van der Waals surface area contributed by atoms with Crippen molar-refractivity contribution in [3.8, 4) is 0 Å². The van der Waals surface area contributed by atoms with Crippen molar-refractivity contribution in [1.29, 1.82) is 0 Å². The van der Waals surface area contributed by atoms with E-state index in [9.17, 15) is 8.78 Å². The van der Waals surface area contributed by atoms with Crippen LogP contribution in [0, 0.1) is 0 Å². The second kappa shape index (κ2) is 7.11. The first-order valence-electron chi connectivity index (χ1n) is 5.08. The number of aliphatic hydroxyl groups is 1. The number of nitrogens with zero attached hydrogens (tertiary/aromatic N) is 1. The van der Waals surface area contributed by atoms with Crippen LogP contribution in [0.4, 0.5) is 8.78 Å². The monoisotopic (exact) mass is 283 g/mol. The first-order valence-corrected chi connectivity index (χ1v) is 5.84. The first-order chi connectivity index (χ1) is 8.02. The van der Waals surface area contributed by atoms with Crippen molar-refractivity contribution in [2.45, 2.75) is 13.0 Å². The van der Waals surface area contributed by atoms with Gasteiger partial charge < -0.3 is 5.11 Å². The molecule has 0 aliphatic rings. The number of benzene rings is 1. The largest absolute Gasteiger partial charge is 0.395 e. The Morgan fingerprint density at radius 1 is 1.29 bits per heavy atom. The standard InChI is InChI=1S/C11H13Cl2F2NO/c12-9-1-2-10(13)8(5-9)6-16(3-4-17)7-11(14)15/h1-2,5,11,17H,3-4,6-7H2. The van der Waals surface area contributed by atoms with Gasteiger partial charge >= 0.3 is 0 Å². The van der Waals surface area contributed by atoms with Crippen molar-refractivity contribution in [1.82, 2.24) is 4.90 Å². The van der Waals surface area contributed by atoms with Crippen molar-refractivity contribution >= 4 is 23.2 Å². The lowest BCUT2D eigenvalue weighted by atomic mass is 10.2. The molecule has 0 atom stereocenters. The maximum absolute atomic E-state index is 12.3. The minimum absolute atomic E-state index is 0.174. The molecule has 0 saturated carbocycles. The fraction of sp³-hybridized carbons (Fsp3) is 0.455. The molecule has 1 aromatic carbocycles. The quantitative estimate of drug-likeness (QED) is 0.868. The molecule has 17 heavy (non-hydrogen) atoms. The van der Waals surface area contributed by atoms with Gasteiger partial charge in [-0.2, -0.15) is 0 Å². The summed E-state index contributed by atoms with van der Waals surface area (Å²) in [7, 11) is 0. The molecule has 0 fully saturated rings. The molecule has 1 aromatic rings. The normalized spacial score (nSPS) is 11.5. The van der Waals surface area contributed by atoms with Crippen LogP contribution in [0.1, 0.15) is 5.56 Å². The fourth-order valence-electron chi connectivity index (χ4n) is 1.48. The van der Waals surface area contributed by atoms with E-state index in [-0.39, 0.29) is 19.7 Å². The Hall–Kier alpha value is -0.420. The highest BCUT2D eigenvalue weighted by molar-refractivity contribution is 6.33. The number of aliphatic hydroxyl groups excluding tert-OH is 1.